The first-order valence-corrected chi connectivity index (χ1v) is 4.16. The molecule has 0 saturated carbocycles. The summed E-state index contributed by atoms with van der Waals surface area (Å²) in [6.07, 6.45) is -1.04. The van der Waals surface area contributed by atoms with Crippen LogP contribution in [-0.2, 0) is 9.59 Å². The second-order valence-corrected chi connectivity index (χ2v) is 2.63. The van der Waals surface area contributed by atoms with Crippen molar-refractivity contribution >= 4 is 11.9 Å². The number of carboxylic acids is 1. The lowest BCUT2D eigenvalue weighted by molar-refractivity contribution is -0.136. The highest BCUT2D eigenvalue weighted by molar-refractivity contribution is 5.78. The molecule has 0 aromatic carbocycles. The van der Waals surface area contributed by atoms with E-state index in [-0.39, 0.29) is 32.0 Å². The third-order valence-corrected chi connectivity index (χ3v) is 1.38. The largest absolute Gasteiger partial charge is 0.481 e. The van der Waals surface area contributed by atoms with Gasteiger partial charge in [-0.1, -0.05) is 0 Å². The first-order chi connectivity index (χ1) is 6.56. The molecule has 0 aliphatic rings. The summed E-state index contributed by atoms with van der Waals surface area (Å²) in [5, 5.41) is 22.0. The molecular formula is C7H15N3O4. The monoisotopic (exact) mass is 205 g/mol. The van der Waals surface area contributed by atoms with E-state index in [9.17, 15) is 9.59 Å². The SMILES string of the molecule is NCC(O)NCC(=O)NCCC(=O)O. The standard InChI is InChI=1S/C7H15N3O4/c8-3-5(11)10-4-6(12)9-2-1-7(13)14/h5,10-11H,1-4,8H2,(H,9,12)(H,13,14). The Morgan fingerprint density at radius 3 is 2.57 bits per heavy atom. The van der Waals surface area contributed by atoms with Crippen LogP contribution in [0.2, 0.25) is 0 Å². The first kappa shape index (κ1) is 12.8. The van der Waals surface area contributed by atoms with Crippen LogP contribution in [0, 0.1) is 0 Å². The van der Waals surface area contributed by atoms with Gasteiger partial charge in [-0.2, -0.15) is 0 Å². The van der Waals surface area contributed by atoms with E-state index in [4.69, 9.17) is 15.9 Å². The predicted octanol–water partition coefficient (Wildman–Crippen LogP) is -2.56. The molecule has 0 saturated heterocycles. The minimum atomic E-state index is -0.972. The lowest BCUT2D eigenvalue weighted by atomic mass is 10.4. The average Bonchev–Trinajstić information content (AvgIpc) is 2.13. The summed E-state index contributed by atoms with van der Waals surface area (Å²) in [5.74, 6) is -1.35. The number of aliphatic carboxylic acids is 1. The molecule has 6 N–H and O–H groups in total. The second kappa shape index (κ2) is 7.25. The van der Waals surface area contributed by atoms with Crippen LogP contribution in [0.3, 0.4) is 0 Å². The zero-order chi connectivity index (χ0) is 11.0. The minimum absolute atomic E-state index is 0.0163. The van der Waals surface area contributed by atoms with Gasteiger partial charge in [0.2, 0.25) is 5.91 Å². The summed E-state index contributed by atoms with van der Waals surface area (Å²) >= 11 is 0. The summed E-state index contributed by atoms with van der Waals surface area (Å²) in [5.41, 5.74) is 5.08. The summed E-state index contributed by atoms with van der Waals surface area (Å²) in [6.45, 7) is 0.00889. The van der Waals surface area contributed by atoms with Gasteiger partial charge in [-0.25, -0.2) is 0 Å². The molecular weight excluding hydrogens is 190 g/mol. The van der Waals surface area contributed by atoms with Gasteiger partial charge in [0.15, 0.2) is 0 Å². The normalized spacial score (nSPS) is 12.1. The van der Waals surface area contributed by atoms with Crippen LogP contribution >= 0.6 is 0 Å². The maximum Gasteiger partial charge on any atom is 0.305 e. The maximum absolute atomic E-state index is 10.9. The van der Waals surface area contributed by atoms with Gasteiger partial charge in [0.25, 0.3) is 0 Å². The molecule has 0 radical (unpaired) electrons. The van der Waals surface area contributed by atoms with Crippen molar-refractivity contribution in [2.24, 2.45) is 5.73 Å². The van der Waals surface area contributed by atoms with E-state index in [1.165, 1.54) is 0 Å². The second-order valence-electron chi connectivity index (χ2n) is 2.63. The van der Waals surface area contributed by atoms with E-state index < -0.39 is 12.2 Å². The summed E-state index contributed by atoms with van der Waals surface area (Å²) < 4.78 is 0. The predicted molar refractivity (Wildman–Crippen MR) is 48.3 cm³/mol. The fraction of sp³-hybridized carbons (Fsp3) is 0.714. The zero-order valence-electron chi connectivity index (χ0n) is 7.69. The molecule has 1 unspecified atom stereocenters. The Balaban J connectivity index is 3.41. The molecule has 0 aliphatic heterocycles. The van der Waals surface area contributed by atoms with Gasteiger partial charge in [-0.3, -0.25) is 14.9 Å². The summed E-state index contributed by atoms with van der Waals surface area (Å²) in [7, 11) is 0. The summed E-state index contributed by atoms with van der Waals surface area (Å²) in [4.78, 5) is 21.0. The van der Waals surface area contributed by atoms with Gasteiger partial charge in [0, 0.05) is 13.1 Å². The van der Waals surface area contributed by atoms with Crippen molar-refractivity contribution in [3.63, 3.8) is 0 Å². The van der Waals surface area contributed by atoms with Crippen LogP contribution in [0.25, 0.3) is 0 Å². The molecule has 1 amide bonds. The molecule has 0 heterocycles. The highest BCUT2D eigenvalue weighted by Gasteiger charge is 2.04. The van der Waals surface area contributed by atoms with E-state index >= 15 is 0 Å². The molecule has 0 aromatic heterocycles. The number of amides is 1. The first-order valence-electron chi connectivity index (χ1n) is 4.16. The number of nitrogens with one attached hydrogen (secondary N) is 2. The van der Waals surface area contributed by atoms with Crippen molar-refractivity contribution in [2.45, 2.75) is 12.6 Å². The zero-order valence-corrected chi connectivity index (χ0v) is 7.69. The van der Waals surface area contributed by atoms with E-state index in [2.05, 4.69) is 10.6 Å². The fourth-order valence-electron chi connectivity index (χ4n) is 0.665. The number of aliphatic hydroxyl groups excluding tert-OH is 1. The van der Waals surface area contributed by atoms with E-state index in [1.807, 2.05) is 0 Å². The number of carbonyl (C=O) groups is 2. The summed E-state index contributed by atoms with van der Waals surface area (Å²) in [6, 6.07) is 0. The van der Waals surface area contributed by atoms with Gasteiger partial charge in [-0.05, 0) is 0 Å². The lowest BCUT2D eigenvalue weighted by Gasteiger charge is -2.09. The highest BCUT2D eigenvalue weighted by atomic mass is 16.4. The number of hydrogen-bond acceptors (Lipinski definition) is 5. The van der Waals surface area contributed by atoms with E-state index in [0.717, 1.165) is 0 Å². The highest BCUT2D eigenvalue weighted by Crippen LogP contribution is 1.76. The van der Waals surface area contributed by atoms with Crippen LogP contribution in [0.15, 0.2) is 0 Å². The maximum atomic E-state index is 10.9. The topological polar surface area (TPSA) is 125 Å². The Kier molecular flexibility index (Phi) is 6.63. The minimum Gasteiger partial charge on any atom is -0.481 e. The molecule has 0 bridgehead atoms. The van der Waals surface area contributed by atoms with Crippen LogP contribution < -0.4 is 16.4 Å². The fourth-order valence-corrected chi connectivity index (χ4v) is 0.665. The molecule has 82 valence electrons. The van der Waals surface area contributed by atoms with Crippen LogP contribution in [-0.4, -0.2) is 48.0 Å². The van der Waals surface area contributed by atoms with Gasteiger partial charge in [-0.15, -0.1) is 0 Å². The Labute approximate surface area is 81.3 Å². The average molecular weight is 205 g/mol. The third-order valence-electron chi connectivity index (χ3n) is 1.38. The number of aliphatic hydroxyl groups is 1. The Hall–Kier alpha value is -1.18. The van der Waals surface area contributed by atoms with Crippen LogP contribution in [0.4, 0.5) is 0 Å². The molecule has 0 aromatic rings. The van der Waals surface area contributed by atoms with Crippen molar-refractivity contribution in [3.8, 4) is 0 Å². The van der Waals surface area contributed by atoms with E-state index in [0.29, 0.717) is 0 Å². The lowest BCUT2D eigenvalue weighted by Crippen LogP contribution is -2.42. The number of rotatable bonds is 7. The van der Waals surface area contributed by atoms with Crippen molar-refractivity contribution in [1.29, 1.82) is 0 Å². The smallest absolute Gasteiger partial charge is 0.305 e. The molecule has 1 atom stereocenters. The number of nitrogens with two attached hydrogens (primary N) is 1. The molecule has 0 rings (SSSR count). The molecule has 7 heteroatoms. The van der Waals surface area contributed by atoms with E-state index in [1.54, 1.807) is 0 Å². The van der Waals surface area contributed by atoms with Crippen molar-refractivity contribution < 1.29 is 19.8 Å². The molecule has 0 aliphatic carbocycles. The van der Waals surface area contributed by atoms with Crippen LogP contribution in [0.5, 0.6) is 0 Å². The third kappa shape index (κ3) is 7.47. The van der Waals surface area contributed by atoms with Gasteiger partial charge >= 0.3 is 5.97 Å². The Bertz CT molecular complexity index is 197. The van der Waals surface area contributed by atoms with Crippen LogP contribution in [0.1, 0.15) is 6.42 Å². The van der Waals surface area contributed by atoms with Gasteiger partial charge in [0.1, 0.15) is 6.23 Å². The number of carboxylic acid groups (broad SMARTS) is 1. The molecule has 0 fully saturated rings. The number of carbonyl (C=O) groups excluding carboxylic acids is 1. The van der Waals surface area contributed by atoms with Crippen molar-refractivity contribution in [1.82, 2.24) is 10.6 Å². The number of hydrogen-bond donors (Lipinski definition) is 5. The van der Waals surface area contributed by atoms with Crippen molar-refractivity contribution in [3.05, 3.63) is 0 Å². The van der Waals surface area contributed by atoms with Gasteiger partial charge in [0.05, 0.1) is 13.0 Å². The van der Waals surface area contributed by atoms with Crippen molar-refractivity contribution in [2.75, 3.05) is 19.6 Å². The molecule has 14 heavy (non-hydrogen) atoms. The Morgan fingerprint density at radius 2 is 2.07 bits per heavy atom. The van der Waals surface area contributed by atoms with Gasteiger partial charge < -0.3 is 21.3 Å². The quantitative estimate of drug-likeness (QED) is 0.291. The molecule has 7 nitrogen and oxygen atoms in total. The molecule has 0 spiro atoms. The Morgan fingerprint density at radius 1 is 1.43 bits per heavy atom.